The summed E-state index contributed by atoms with van der Waals surface area (Å²) in [4.78, 5) is 12.0. The molecule has 0 aliphatic carbocycles. The number of rotatable bonds is 10. The number of hydrogen-bond acceptors (Lipinski definition) is 3. The lowest BCUT2D eigenvalue weighted by Gasteiger charge is -2.38. The molecule has 22 heavy (non-hydrogen) atoms. The Morgan fingerprint density at radius 2 is 1.82 bits per heavy atom. The fourth-order valence-electron chi connectivity index (χ4n) is 1.83. The van der Waals surface area contributed by atoms with E-state index in [0.717, 1.165) is 12.8 Å². The van der Waals surface area contributed by atoms with Crippen LogP contribution in [0, 0.1) is 0 Å². The van der Waals surface area contributed by atoms with Crippen LogP contribution < -0.4 is 11.1 Å². The zero-order valence-corrected chi connectivity index (χ0v) is 16.8. The van der Waals surface area contributed by atoms with Gasteiger partial charge in [-0.3, -0.25) is 4.79 Å². The van der Waals surface area contributed by atoms with Gasteiger partial charge in [-0.05, 0) is 31.5 Å². The molecule has 0 spiro atoms. The molecule has 0 radical (unpaired) electrons. The molecule has 4 nitrogen and oxygen atoms in total. The van der Waals surface area contributed by atoms with Gasteiger partial charge < -0.3 is 15.5 Å². The summed E-state index contributed by atoms with van der Waals surface area (Å²) in [6, 6.07) is -0.211. The number of hydrogen-bond donors (Lipinski definition) is 2. The van der Waals surface area contributed by atoms with Gasteiger partial charge in [0, 0.05) is 12.5 Å². The molecule has 0 bridgehead atoms. The highest BCUT2D eigenvalue weighted by Gasteiger charge is 2.37. The van der Waals surface area contributed by atoms with Gasteiger partial charge in [-0.1, -0.05) is 47.0 Å². The van der Waals surface area contributed by atoms with Gasteiger partial charge in [0.05, 0.1) is 12.6 Å². The molecule has 0 saturated carbocycles. The highest BCUT2D eigenvalue weighted by molar-refractivity contribution is 6.74. The van der Waals surface area contributed by atoms with Gasteiger partial charge in [0.2, 0.25) is 5.91 Å². The van der Waals surface area contributed by atoms with Crippen LogP contribution in [0.25, 0.3) is 0 Å². The van der Waals surface area contributed by atoms with Crippen molar-refractivity contribution in [1.29, 1.82) is 0 Å². The second kappa shape index (κ2) is 9.68. The maximum atomic E-state index is 12.0. The second-order valence-electron chi connectivity index (χ2n) is 7.92. The number of carbonyl (C=O) groups is 1. The fraction of sp³-hybridized carbons (Fsp3) is 0.941. The minimum atomic E-state index is -1.81. The summed E-state index contributed by atoms with van der Waals surface area (Å²) in [6.45, 7) is 15.7. The van der Waals surface area contributed by atoms with Crippen LogP contribution in [0.1, 0.15) is 66.7 Å². The second-order valence-corrected chi connectivity index (χ2v) is 12.7. The van der Waals surface area contributed by atoms with Crippen LogP contribution in [0.5, 0.6) is 0 Å². The van der Waals surface area contributed by atoms with Gasteiger partial charge in [0.25, 0.3) is 0 Å². The molecule has 0 aromatic rings. The van der Waals surface area contributed by atoms with Crippen LogP contribution in [-0.2, 0) is 9.22 Å². The van der Waals surface area contributed by atoms with Crippen molar-refractivity contribution >= 4 is 14.2 Å². The zero-order valence-electron chi connectivity index (χ0n) is 15.8. The monoisotopic (exact) mass is 330 g/mol. The lowest BCUT2D eigenvalue weighted by molar-refractivity contribution is -0.122. The van der Waals surface area contributed by atoms with Crippen molar-refractivity contribution in [3.8, 4) is 0 Å². The molecule has 0 aliphatic rings. The van der Waals surface area contributed by atoms with E-state index in [9.17, 15) is 4.79 Å². The average Bonchev–Trinajstić information content (AvgIpc) is 2.38. The Hall–Kier alpha value is -0.393. The molecule has 0 aliphatic heterocycles. The van der Waals surface area contributed by atoms with Crippen LogP contribution in [0.15, 0.2) is 0 Å². The predicted molar refractivity (Wildman–Crippen MR) is 97.5 cm³/mol. The number of nitrogens with one attached hydrogen (secondary N) is 1. The molecule has 132 valence electrons. The number of nitrogens with two attached hydrogens (primary N) is 1. The Bertz CT molecular complexity index is 325. The van der Waals surface area contributed by atoms with Crippen LogP contribution in [0.3, 0.4) is 0 Å². The van der Waals surface area contributed by atoms with Crippen LogP contribution >= 0.6 is 0 Å². The normalized spacial score (nSPS) is 15.5. The average molecular weight is 331 g/mol. The van der Waals surface area contributed by atoms with E-state index >= 15 is 0 Å². The van der Waals surface area contributed by atoms with Gasteiger partial charge >= 0.3 is 0 Å². The van der Waals surface area contributed by atoms with Crippen molar-refractivity contribution < 1.29 is 9.22 Å². The molecule has 0 fully saturated rings. The molecule has 0 aromatic heterocycles. The minimum Gasteiger partial charge on any atom is -0.415 e. The molecule has 2 unspecified atom stereocenters. The van der Waals surface area contributed by atoms with E-state index in [1.54, 1.807) is 0 Å². The first-order valence-electron chi connectivity index (χ1n) is 8.70. The quantitative estimate of drug-likeness (QED) is 0.473. The molecular weight excluding hydrogens is 292 g/mol. The van der Waals surface area contributed by atoms with Crippen molar-refractivity contribution in [3.05, 3.63) is 0 Å². The van der Waals surface area contributed by atoms with Crippen molar-refractivity contribution in [2.75, 3.05) is 6.61 Å². The van der Waals surface area contributed by atoms with Gasteiger partial charge in [-0.25, -0.2) is 0 Å². The lowest BCUT2D eigenvalue weighted by Crippen LogP contribution is -2.52. The molecule has 0 aromatic carbocycles. The zero-order chi connectivity index (χ0) is 17.4. The third-order valence-electron chi connectivity index (χ3n) is 4.67. The van der Waals surface area contributed by atoms with Crippen LogP contribution in [0.2, 0.25) is 18.1 Å². The lowest BCUT2D eigenvalue weighted by atomic mass is 10.1. The van der Waals surface area contributed by atoms with Crippen LogP contribution in [0.4, 0.5) is 0 Å². The Balaban J connectivity index is 4.35. The largest absolute Gasteiger partial charge is 0.415 e. The molecule has 0 saturated heterocycles. The van der Waals surface area contributed by atoms with E-state index in [-0.39, 0.29) is 23.0 Å². The standard InChI is InChI=1S/C17H38N2O2Si/c1-8-9-10-11-12-16(20)19-15(14(2)18)13-21-22(6,7)17(3,4)5/h14-15H,8-13,18H2,1-7H3,(H,19,20). The molecule has 2 atom stereocenters. The van der Waals surface area contributed by atoms with Crippen molar-refractivity contribution in [3.63, 3.8) is 0 Å². The number of carbonyl (C=O) groups excluding carboxylic acids is 1. The molecular formula is C17H38N2O2Si. The molecule has 0 rings (SSSR count). The Morgan fingerprint density at radius 1 is 1.23 bits per heavy atom. The van der Waals surface area contributed by atoms with Crippen molar-refractivity contribution in [1.82, 2.24) is 5.32 Å². The summed E-state index contributed by atoms with van der Waals surface area (Å²) in [5, 5.41) is 3.22. The van der Waals surface area contributed by atoms with Crippen molar-refractivity contribution in [2.24, 2.45) is 5.73 Å². The predicted octanol–water partition coefficient (Wildman–Crippen LogP) is 3.81. The molecule has 5 heteroatoms. The van der Waals surface area contributed by atoms with E-state index in [1.807, 2.05) is 6.92 Å². The third-order valence-corrected chi connectivity index (χ3v) is 9.17. The Morgan fingerprint density at radius 3 is 2.27 bits per heavy atom. The smallest absolute Gasteiger partial charge is 0.220 e. The van der Waals surface area contributed by atoms with Gasteiger partial charge in [-0.15, -0.1) is 0 Å². The third kappa shape index (κ3) is 8.29. The SMILES string of the molecule is CCCCCCC(=O)NC(CO[Si](C)(C)C(C)(C)C)C(C)N. The van der Waals surface area contributed by atoms with Gasteiger partial charge in [0.1, 0.15) is 0 Å². The summed E-state index contributed by atoms with van der Waals surface area (Å²) in [6.07, 6.45) is 5.04. The maximum absolute atomic E-state index is 12.0. The fourth-order valence-corrected chi connectivity index (χ4v) is 2.86. The van der Waals surface area contributed by atoms with E-state index in [1.165, 1.54) is 12.8 Å². The van der Waals surface area contributed by atoms with Crippen LogP contribution in [-0.4, -0.2) is 32.9 Å². The molecule has 1 amide bonds. The summed E-state index contributed by atoms with van der Waals surface area (Å²) < 4.78 is 6.21. The summed E-state index contributed by atoms with van der Waals surface area (Å²) in [5.74, 6) is 0.0947. The number of unbranched alkanes of at least 4 members (excludes halogenated alkanes) is 3. The van der Waals surface area contributed by atoms with Gasteiger partial charge in [-0.2, -0.15) is 0 Å². The van der Waals surface area contributed by atoms with Gasteiger partial charge in [0.15, 0.2) is 8.32 Å². The minimum absolute atomic E-state index is 0.0947. The highest BCUT2D eigenvalue weighted by Crippen LogP contribution is 2.36. The topological polar surface area (TPSA) is 64.3 Å². The maximum Gasteiger partial charge on any atom is 0.220 e. The van der Waals surface area contributed by atoms with E-state index < -0.39 is 8.32 Å². The van der Waals surface area contributed by atoms with E-state index in [4.69, 9.17) is 10.2 Å². The first-order valence-corrected chi connectivity index (χ1v) is 11.6. The summed E-state index contributed by atoms with van der Waals surface area (Å²) in [7, 11) is -1.81. The number of amides is 1. The first-order chi connectivity index (χ1) is 10.0. The molecule has 0 heterocycles. The Labute approximate surface area is 138 Å². The van der Waals surface area contributed by atoms with E-state index in [2.05, 4.69) is 46.1 Å². The first kappa shape index (κ1) is 21.6. The Kier molecular flexibility index (Phi) is 9.51. The summed E-state index contributed by atoms with van der Waals surface area (Å²) in [5.41, 5.74) is 6.02. The summed E-state index contributed by atoms with van der Waals surface area (Å²) >= 11 is 0. The molecule has 3 N–H and O–H groups in total. The van der Waals surface area contributed by atoms with Crippen molar-refractivity contribution in [2.45, 2.75) is 96.9 Å². The highest BCUT2D eigenvalue weighted by atomic mass is 28.4. The van der Waals surface area contributed by atoms with E-state index in [0.29, 0.717) is 13.0 Å².